The lowest BCUT2D eigenvalue weighted by Gasteiger charge is -2.35. The van der Waals surface area contributed by atoms with Gasteiger partial charge >= 0.3 is 0 Å². The predicted octanol–water partition coefficient (Wildman–Crippen LogP) is 5.03. The van der Waals surface area contributed by atoms with Gasteiger partial charge < -0.3 is 14.8 Å². The summed E-state index contributed by atoms with van der Waals surface area (Å²) >= 11 is 9.39. The summed E-state index contributed by atoms with van der Waals surface area (Å²) in [4.78, 5) is 10.4. The van der Waals surface area contributed by atoms with E-state index in [-0.39, 0.29) is 17.2 Å². The SMILES string of the molecule is C[C@@H]([C@@H](C)C(/C=C/P(C)(C)=O)Nc1nc(Cl)ncc1Br)[C@H](C)N(C)C. The van der Waals surface area contributed by atoms with E-state index in [1.54, 1.807) is 19.5 Å². The Labute approximate surface area is 165 Å². The van der Waals surface area contributed by atoms with Crippen molar-refractivity contribution in [2.75, 3.05) is 32.7 Å². The van der Waals surface area contributed by atoms with Gasteiger partial charge in [-0.15, -0.1) is 0 Å². The van der Waals surface area contributed by atoms with Gasteiger partial charge in [0.05, 0.1) is 4.47 Å². The molecular weight excluding hydrogens is 423 g/mol. The van der Waals surface area contributed by atoms with Crippen LogP contribution < -0.4 is 5.32 Å². The maximum Gasteiger partial charge on any atom is 0.224 e. The molecular formula is C17H29BrClN4OP. The Bertz CT molecular complexity index is 650. The lowest BCUT2D eigenvalue weighted by Crippen LogP contribution is -2.40. The third-order valence-corrected chi connectivity index (χ3v) is 6.29. The molecule has 8 heteroatoms. The van der Waals surface area contributed by atoms with Gasteiger partial charge in [0.25, 0.3) is 0 Å². The Morgan fingerprint density at radius 3 is 2.40 bits per heavy atom. The van der Waals surface area contributed by atoms with E-state index in [1.165, 1.54) is 0 Å². The van der Waals surface area contributed by atoms with E-state index >= 15 is 0 Å². The third-order valence-electron chi connectivity index (χ3n) is 4.64. The number of rotatable bonds is 8. The van der Waals surface area contributed by atoms with Crippen molar-refractivity contribution >= 4 is 40.5 Å². The molecule has 4 atom stereocenters. The van der Waals surface area contributed by atoms with Crippen LogP contribution in [0.3, 0.4) is 0 Å². The summed E-state index contributed by atoms with van der Waals surface area (Å²) in [7, 11) is 1.91. The minimum atomic E-state index is -2.26. The van der Waals surface area contributed by atoms with E-state index in [2.05, 4.69) is 71.0 Å². The second kappa shape index (κ2) is 9.50. The van der Waals surface area contributed by atoms with E-state index in [0.717, 1.165) is 4.47 Å². The van der Waals surface area contributed by atoms with Crippen molar-refractivity contribution in [2.45, 2.75) is 32.9 Å². The summed E-state index contributed by atoms with van der Waals surface area (Å²) in [6.07, 6.45) is 3.62. The minimum absolute atomic E-state index is 0.0344. The van der Waals surface area contributed by atoms with Crippen LogP contribution in [-0.2, 0) is 4.57 Å². The van der Waals surface area contributed by atoms with Gasteiger partial charge in [0.2, 0.25) is 5.28 Å². The van der Waals surface area contributed by atoms with Gasteiger partial charge in [-0.05, 0) is 79.5 Å². The second-order valence-corrected chi connectivity index (χ2v) is 11.6. The molecule has 0 spiro atoms. The Morgan fingerprint density at radius 2 is 1.88 bits per heavy atom. The molecule has 0 saturated carbocycles. The molecule has 0 amide bonds. The first-order valence-corrected chi connectivity index (χ1v) is 12.1. The fraction of sp³-hybridized carbons (Fsp3) is 0.647. The van der Waals surface area contributed by atoms with Crippen molar-refractivity contribution < 1.29 is 4.57 Å². The highest BCUT2D eigenvalue weighted by molar-refractivity contribution is 9.10. The normalized spacial score (nSPS) is 17.5. The molecule has 0 bridgehead atoms. The molecule has 1 N–H and O–H groups in total. The zero-order valence-electron chi connectivity index (χ0n) is 16.0. The number of halogens is 2. The average molecular weight is 452 g/mol. The zero-order chi connectivity index (χ0) is 19.4. The molecule has 0 radical (unpaired) electrons. The van der Waals surface area contributed by atoms with Gasteiger partial charge in [0, 0.05) is 18.3 Å². The van der Waals surface area contributed by atoms with Crippen molar-refractivity contribution in [3.8, 4) is 0 Å². The molecule has 1 unspecified atom stereocenters. The summed E-state index contributed by atoms with van der Waals surface area (Å²) < 4.78 is 12.9. The molecule has 0 saturated heterocycles. The number of nitrogens with zero attached hydrogens (tertiary/aromatic N) is 3. The summed E-state index contributed by atoms with van der Waals surface area (Å²) in [5.74, 6) is 3.13. The minimum Gasteiger partial charge on any atom is -0.362 e. The molecule has 1 rings (SSSR count). The lowest BCUT2D eigenvalue weighted by molar-refractivity contribution is 0.186. The van der Waals surface area contributed by atoms with Gasteiger partial charge in [0.1, 0.15) is 13.0 Å². The van der Waals surface area contributed by atoms with Gasteiger partial charge in [-0.2, -0.15) is 4.98 Å². The lowest BCUT2D eigenvalue weighted by atomic mass is 9.84. The Balaban J connectivity index is 3.13. The molecule has 0 aliphatic carbocycles. The maximum absolute atomic E-state index is 12.1. The molecule has 0 aliphatic heterocycles. The monoisotopic (exact) mass is 450 g/mol. The van der Waals surface area contributed by atoms with Crippen LogP contribution >= 0.6 is 34.7 Å². The van der Waals surface area contributed by atoms with Gasteiger partial charge in [0.15, 0.2) is 0 Å². The Kier molecular flexibility index (Phi) is 8.59. The van der Waals surface area contributed by atoms with Crippen molar-refractivity contribution in [1.82, 2.24) is 14.9 Å². The van der Waals surface area contributed by atoms with Crippen LogP contribution in [0.4, 0.5) is 5.82 Å². The fourth-order valence-electron chi connectivity index (χ4n) is 2.50. The molecule has 25 heavy (non-hydrogen) atoms. The summed E-state index contributed by atoms with van der Waals surface area (Å²) in [5.41, 5.74) is 0. The van der Waals surface area contributed by atoms with Gasteiger partial charge in [-0.25, -0.2) is 4.98 Å². The van der Waals surface area contributed by atoms with Crippen LogP contribution in [0, 0.1) is 11.8 Å². The van der Waals surface area contributed by atoms with Crippen molar-refractivity contribution in [1.29, 1.82) is 0 Å². The van der Waals surface area contributed by atoms with E-state index < -0.39 is 7.14 Å². The molecule has 0 fully saturated rings. The first-order valence-electron chi connectivity index (χ1n) is 8.27. The summed E-state index contributed by atoms with van der Waals surface area (Å²) in [6, 6.07) is 0.369. The van der Waals surface area contributed by atoms with Crippen molar-refractivity contribution in [3.05, 3.63) is 27.8 Å². The molecule has 0 aliphatic rings. The predicted molar refractivity (Wildman–Crippen MR) is 112 cm³/mol. The number of hydrogen-bond acceptors (Lipinski definition) is 5. The zero-order valence-corrected chi connectivity index (χ0v) is 19.2. The van der Waals surface area contributed by atoms with Gasteiger partial charge in [-0.3, -0.25) is 0 Å². The standard InChI is InChI=1S/C17H29BrClN4OP/c1-11(13(3)23(4)5)12(2)15(8-9-25(6,7)24)21-16-14(18)10-20-17(19)22-16/h8-13,15H,1-7H3,(H,20,21,22)/b9-8+/t11-,12+,13-,15?/m0/s1. The third kappa shape index (κ3) is 7.38. The molecule has 5 nitrogen and oxygen atoms in total. The van der Waals surface area contributed by atoms with Crippen LogP contribution in [0.25, 0.3) is 0 Å². The van der Waals surface area contributed by atoms with Crippen LogP contribution in [-0.4, -0.2) is 54.4 Å². The highest BCUT2D eigenvalue weighted by Gasteiger charge is 2.27. The highest BCUT2D eigenvalue weighted by Crippen LogP contribution is 2.38. The number of hydrogen-bond donors (Lipinski definition) is 1. The van der Waals surface area contributed by atoms with E-state index in [4.69, 9.17) is 11.6 Å². The quantitative estimate of drug-likeness (QED) is 0.444. The Hall–Kier alpha value is -0.420. The van der Waals surface area contributed by atoms with Crippen LogP contribution in [0.15, 0.2) is 22.6 Å². The number of anilines is 1. The topological polar surface area (TPSA) is 58.1 Å². The molecule has 1 aromatic heterocycles. The fourth-order valence-corrected chi connectivity index (χ4v) is 3.53. The highest BCUT2D eigenvalue weighted by atomic mass is 79.9. The van der Waals surface area contributed by atoms with E-state index in [1.807, 2.05) is 11.9 Å². The van der Waals surface area contributed by atoms with Crippen LogP contribution in [0.1, 0.15) is 20.8 Å². The first kappa shape index (κ1) is 22.6. The largest absolute Gasteiger partial charge is 0.362 e. The van der Waals surface area contributed by atoms with E-state index in [9.17, 15) is 4.57 Å². The molecule has 0 aromatic carbocycles. The molecule has 142 valence electrons. The van der Waals surface area contributed by atoms with E-state index in [0.29, 0.717) is 17.8 Å². The Morgan fingerprint density at radius 1 is 1.28 bits per heavy atom. The molecule has 1 heterocycles. The van der Waals surface area contributed by atoms with Crippen LogP contribution in [0.2, 0.25) is 5.28 Å². The number of nitrogens with one attached hydrogen (secondary N) is 1. The average Bonchev–Trinajstić information content (AvgIpc) is 2.51. The van der Waals surface area contributed by atoms with Crippen molar-refractivity contribution in [3.63, 3.8) is 0 Å². The van der Waals surface area contributed by atoms with Crippen LogP contribution in [0.5, 0.6) is 0 Å². The summed E-state index contributed by atoms with van der Waals surface area (Å²) in [6.45, 7) is 10.2. The smallest absolute Gasteiger partial charge is 0.224 e. The first-order chi connectivity index (χ1) is 11.4. The molecule has 1 aromatic rings. The van der Waals surface area contributed by atoms with Crippen molar-refractivity contribution in [2.24, 2.45) is 11.8 Å². The summed E-state index contributed by atoms with van der Waals surface area (Å²) in [5, 5.41) is 3.61. The second-order valence-electron chi connectivity index (χ2n) is 7.20. The number of aromatic nitrogens is 2. The maximum atomic E-state index is 12.1. The van der Waals surface area contributed by atoms with Gasteiger partial charge in [-0.1, -0.05) is 19.9 Å².